The number of hydrogen-bond acceptors (Lipinski definition) is 4. The highest BCUT2D eigenvalue weighted by molar-refractivity contribution is 9.11. The van der Waals surface area contributed by atoms with Crippen LogP contribution < -0.4 is 5.32 Å². The maximum atomic E-state index is 4.16. The molecule has 0 saturated heterocycles. The number of hydrogen-bond donors (Lipinski definition) is 1. The quantitative estimate of drug-likeness (QED) is 0.885. The predicted octanol–water partition coefficient (Wildman–Crippen LogP) is 3.21. The first-order chi connectivity index (χ1) is 8.76. The molecule has 0 aromatic carbocycles. The number of thiophene rings is 1. The number of aryl methyl sites for hydroxylation is 1. The lowest BCUT2D eigenvalue weighted by molar-refractivity contribution is 0.512. The first kappa shape index (κ1) is 13.7. The van der Waals surface area contributed by atoms with Crippen LogP contribution in [0.2, 0.25) is 0 Å². The van der Waals surface area contributed by atoms with Crippen LogP contribution in [0.25, 0.3) is 0 Å². The topological polar surface area (TPSA) is 42.7 Å². The van der Waals surface area contributed by atoms with Gasteiger partial charge in [0.2, 0.25) is 0 Å². The van der Waals surface area contributed by atoms with Gasteiger partial charge >= 0.3 is 0 Å². The molecule has 98 valence electrons. The molecule has 6 heteroatoms. The molecule has 2 rings (SSSR count). The molecule has 0 aliphatic heterocycles. The molecule has 2 heterocycles. The lowest BCUT2D eigenvalue weighted by Crippen LogP contribution is -2.24. The van der Waals surface area contributed by atoms with Gasteiger partial charge in [0.1, 0.15) is 0 Å². The second-order valence-corrected chi connectivity index (χ2v) is 6.35. The van der Waals surface area contributed by atoms with E-state index in [9.17, 15) is 0 Å². The van der Waals surface area contributed by atoms with E-state index in [0.29, 0.717) is 0 Å². The number of halogens is 1. The summed E-state index contributed by atoms with van der Waals surface area (Å²) in [5.41, 5.74) is 2.39. The number of nitrogens with one attached hydrogen (secondary N) is 1. The van der Waals surface area contributed by atoms with Gasteiger partial charge in [-0.1, -0.05) is 19.1 Å². The fourth-order valence-corrected chi connectivity index (χ4v) is 3.15. The van der Waals surface area contributed by atoms with Crippen molar-refractivity contribution >= 4 is 27.3 Å². The molecule has 0 amide bonds. The molecule has 1 atom stereocenters. The molecule has 0 spiro atoms. The van der Waals surface area contributed by atoms with Gasteiger partial charge in [0, 0.05) is 6.54 Å². The molecule has 0 saturated carbocycles. The van der Waals surface area contributed by atoms with E-state index in [2.05, 4.69) is 56.9 Å². The average molecular weight is 329 g/mol. The van der Waals surface area contributed by atoms with Crippen LogP contribution in [0.5, 0.6) is 0 Å². The molecular formula is C12H17BrN4S. The van der Waals surface area contributed by atoms with Crippen molar-refractivity contribution < 1.29 is 0 Å². The number of aromatic nitrogens is 3. The van der Waals surface area contributed by atoms with Gasteiger partial charge in [-0.05, 0) is 45.9 Å². The fourth-order valence-electron chi connectivity index (χ4n) is 1.95. The Morgan fingerprint density at radius 2 is 2.33 bits per heavy atom. The first-order valence-electron chi connectivity index (χ1n) is 6.12. The highest BCUT2D eigenvalue weighted by Gasteiger charge is 2.19. The largest absolute Gasteiger partial charge is 0.305 e. The normalized spacial score (nSPS) is 12.8. The molecule has 0 aliphatic rings. The Bertz CT molecular complexity index is 494. The maximum absolute atomic E-state index is 4.16. The smallest absolute Gasteiger partial charge is 0.0802 e. The second kappa shape index (κ2) is 6.45. The standard InChI is InChI=1S/C12H17BrN4S/c1-3-5-17-10(7-15-16-17)12(14-4-2)9-6-11(13)18-8-9/h6-8,12,14H,3-5H2,1-2H3. The van der Waals surface area contributed by atoms with Gasteiger partial charge in [0.05, 0.1) is 21.7 Å². The Labute approximate surface area is 120 Å². The van der Waals surface area contributed by atoms with Crippen LogP contribution in [0.1, 0.15) is 37.6 Å². The minimum absolute atomic E-state index is 0.166. The summed E-state index contributed by atoms with van der Waals surface area (Å²) in [5, 5.41) is 13.9. The fraction of sp³-hybridized carbons (Fsp3) is 0.500. The minimum atomic E-state index is 0.166. The Morgan fingerprint density at radius 3 is 2.94 bits per heavy atom. The van der Waals surface area contributed by atoms with Crippen molar-refractivity contribution in [1.29, 1.82) is 0 Å². The second-order valence-electron chi connectivity index (χ2n) is 4.06. The summed E-state index contributed by atoms with van der Waals surface area (Å²) >= 11 is 5.22. The van der Waals surface area contributed by atoms with Crippen molar-refractivity contribution in [2.24, 2.45) is 0 Å². The summed E-state index contributed by atoms with van der Waals surface area (Å²) in [6, 6.07) is 2.32. The van der Waals surface area contributed by atoms with E-state index in [1.165, 1.54) is 5.56 Å². The van der Waals surface area contributed by atoms with Crippen molar-refractivity contribution in [3.8, 4) is 0 Å². The van der Waals surface area contributed by atoms with Crippen molar-refractivity contribution in [2.45, 2.75) is 32.9 Å². The van der Waals surface area contributed by atoms with Crippen molar-refractivity contribution in [3.63, 3.8) is 0 Å². The molecule has 1 N–H and O–H groups in total. The van der Waals surface area contributed by atoms with Crippen molar-refractivity contribution in [1.82, 2.24) is 20.3 Å². The zero-order valence-electron chi connectivity index (χ0n) is 10.6. The van der Waals surface area contributed by atoms with Gasteiger partial charge in [-0.2, -0.15) is 0 Å². The lowest BCUT2D eigenvalue weighted by Gasteiger charge is -2.17. The molecule has 0 aliphatic carbocycles. The third-order valence-corrected chi connectivity index (χ3v) is 4.23. The summed E-state index contributed by atoms with van der Waals surface area (Å²) in [5.74, 6) is 0. The molecule has 2 aromatic heterocycles. The van der Waals surface area contributed by atoms with E-state index < -0.39 is 0 Å². The van der Waals surface area contributed by atoms with Crippen molar-refractivity contribution in [2.75, 3.05) is 6.54 Å². The maximum Gasteiger partial charge on any atom is 0.0802 e. The summed E-state index contributed by atoms with van der Waals surface area (Å²) in [6.45, 7) is 6.08. The predicted molar refractivity (Wildman–Crippen MR) is 77.9 cm³/mol. The van der Waals surface area contributed by atoms with Gasteiger partial charge in [-0.3, -0.25) is 0 Å². The van der Waals surface area contributed by atoms with E-state index in [0.717, 1.165) is 29.0 Å². The molecule has 1 unspecified atom stereocenters. The number of rotatable bonds is 6. The Morgan fingerprint density at radius 1 is 1.50 bits per heavy atom. The van der Waals surface area contributed by atoms with Crippen LogP contribution in [-0.4, -0.2) is 21.5 Å². The van der Waals surface area contributed by atoms with Crippen molar-refractivity contribution in [3.05, 3.63) is 32.7 Å². The first-order valence-corrected chi connectivity index (χ1v) is 7.79. The summed E-state index contributed by atoms with van der Waals surface area (Å²) in [7, 11) is 0. The number of nitrogens with zero attached hydrogens (tertiary/aromatic N) is 3. The Hall–Kier alpha value is -0.720. The van der Waals surface area contributed by atoms with E-state index in [4.69, 9.17) is 0 Å². The average Bonchev–Trinajstić information content (AvgIpc) is 2.96. The van der Waals surface area contributed by atoms with Gasteiger partial charge < -0.3 is 5.32 Å². The SMILES string of the molecule is CCCn1nncc1C(NCC)c1csc(Br)c1. The highest BCUT2D eigenvalue weighted by atomic mass is 79.9. The lowest BCUT2D eigenvalue weighted by atomic mass is 10.1. The highest BCUT2D eigenvalue weighted by Crippen LogP contribution is 2.29. The molecule has 2 aromatic rings. The van der Waals surface area contributed by atoms with Crippen LogP contribution in [0.3, 0.4) is 0 Å². The van der Waals surface area contributed by atoms with Crippen LogP contribution in [-0.2, 0) is 6.54 Å². The van der Waals surface area contributed by atoms with E-state index in [-0.39, 0.29) is 6.04 Å². The molecule has 0 bridgehead atoms. The van der Waals surface area contributed by atoms with E-state index in [1.807, 2.05) is 10.9 Å². The van der Waals surface area contributed by atoms with E-state index in [1.54, 1.807) is 11.3 Å². The summed E-state index contributed by atoms with van der Waals surface area (Å²) in [4.78, 5) is 0. The third kappa shape index (κ3) is 2.99. The van der Waals surface area contributed by atoms with Gasteiger partial charge in [0.15, 0.2) is 0 Å². The Balaban J connectivity index is 2.31. The molecule has 18 heavy (non-hydrogen) atoms. The van der Waals surface area contributed by atoms with Crippen LogP contribution in [0, 0.1) is 0 Å². The van der Waals surface area contributed by atoms with E-state index >= 15 is 0 Å². The zero-order chi connectivity index (χ0) is 13.0. The summed E-state index contributed by atoms with van der Waals surface area (Å²) in [6.07, 6.45) is 2.91. The van der Waals surface area contributed by atoms with Crippen LogP contribution >= 0.6 is 27.3 Å². The molecule has 0 fully saturated rings. The zero-order valence-corrected chi connectivity index (χ0v) is 13.0. The monoisotopic (exact) mass is 328 g/mol. The van der Waals surface area contributed by atoms with Gasteiger partial charge in [-0.15, -0.1) is 16.4 Å². The third-order valence-electron chi connectivity index (χ3n) is 2.71. The van der Waals surface area contributed by atoms with Gasteiger partial charge in [-0.25, -0.2) is 4.68 Å². The van der Waals surface area contributed by atoms with Crippen LogP contribution in [0.15, 0.2) is 21.4 Å². The van der Waals surface area contributed by atoms with Gasteiger partial charge in [0.25, 0.3) is 0 Å². The molecule has 4 nitrogen and oxygen atoms in total. The minimum Gasteiger partial charge on any atom is -0.305 e. The summed E-state index contributed by atoms with van der Waals surface area (Å²) < 4.78 is 3.13. The Kier molecular flexibility index (Phi) is 4.91. The molecular weight excluding hydrogens is 312 g/mol. The molecule has 0 radical (unpaired) electrons. The van der Waals surface area contributed by atoms with Crippen LogP contribution in [0.4, 0.5) is 0 Å².